The maximum atomic E-state index is 13.1. The second-order valence-electron chi connectivity index (χ2n) is 7.29. The molecule has 8 heteroatoms. The second kappa shape index (κ2) is 7.35. The fraction of sp³-hybridized carbons (Fsp3) is 0.526. The lowest BCUT2D eigenvalue weighted by Crippen LogP contribution is -2.50. The highest BCUT2D eigenvalue weighted by molar-refractivity contribution is 7.89. The molecule has 1 aromatic heterocycles. The Labute approximate surface area is 160 Å². The van der Waals surface area contributed by atoms with Gasteiger partial charge in [0.05, 0.1) is 29.8 Å². The third kappa shape index (κ3) is 3.67. The Morgan fingerprint density at radius 2 is 1.96 bits per heavy atom. The van der Waals surface area contributed by atoms with Crippen LogP contribution in [0.25, 0.3) is 0 Å². The van der Waals surface area contributed by atoms with Crippen LogP contribution in [0.1, 0.15) is 18.1 Å². The molecule has 0 radical (unpaired) electrons. The molecular formula is C19H26N4O3S. The Balaban J connectivity index is 1.51. The number of hydrogen-bond acceptors (Lipinski definition) is 5. The number of aromatic nitrogens is 2. The first-order valence-corrected chi connectivity index (χ1v) is 10.8. The van der Waals surface area contributed by atoms with E-state index in [1.807, 2.05) is 31.6 Å². The molecule has 2 aromatic rings. The molecule has 0 aliphatic carbocycles. The van der Waals surface area contributed by atoms with Crippen LogP contribution in [0, 0.1) is 0 Å². The maximum absolute atomic E-state index is 13.1. The van der Waals surface area contributed by atoms with Crippen molar-refractivity contribution in [2.24, 2.45) is 7.05 Å². The summed E-state index contributed by atoms with van der Waals surface area (Å²) in [6, 6.07) is 7.28. The number of sulfonamides is 1. The third-order valence-corrected chi connectivity index (χ3v) is 7.34. The zero-order chi connectivity index (χ0) is 19.0. The van der Waals surface area contributed by atoms with Gasteiger partial charge >= 0.3 is 0 Å². The topological polar surface area (TPSA) is 67.7 Å². The van der Waals surface area contributed by atoms with Crippen LogP contribution in [-0.2, 0) is 34.8 Å². The first-order chi connectivity index (χ1) is 13.0. The normalized spacial score (nSPS) is 24.2. The highest BCUT2D eigenvalue weighted by atomic mass is 32.2. The monoisotopic (exact) mass is 390 g/mol. The molecule has 7 nitrogen and oxygen atoms in total. The highest BCUT2D eigenvalue weighted by Gasteiger charge is 2.44. The smallest absolute Gasteiger partial charge is 0.243 e. The summed E-state index contributed by atoms with van der Waals surface area (Å²) < 4.78 is 35.4. The van der Waals surface area contributed by atoms with Gasteiger partial charge in [0.25, 0.3) is 0 Å². The highest BCUT2D eigenvalue weighted by Crippen LogP contribution is 2.29. The number of fused-ring (bicyclic) bond motifs is 1. The van der Waals surface area contributed by atoms with Crippen molar-refractivity contribution in [1.29, 1.82) is 0 Å². The standard InChI is InChI=1S/C19H26N4O3S/c1-3-15-4-6-17(7-5-15)27(24,25)23-13-18-19(14-23)26-9-8-22(18)12-16-10-20-21(2)11-16/h4-7,10-11,18-19H,3,8-9,12-14H2,1-2H3/t18-,19+/m0/s1. The van der Waals surface area contributed by atoms with Crippen LogP contribution >= 0.6 is 0 Å². The summed E-state index contributed by atoms with van der Waals surface area (Å²) in [5.74, 6) is 0. The van der Waals surface area contributed by atoms with Gasteiger partial charge in [-0.1, -0.05) is 19.1 Å². The van der Waals surface area contributed by atoms with E-state index in [1.165, 1.54) is 0 Å². The number of aryl methyl sites for hydroxylation is 2. The van der Waals surface area contributed by atoms with Crippen molar-refractivity contribution in [3.05, 3.63) is 47.8 Å². The van der Waals surface area contributed by atoms with Crippen LogP contribution in [0.2, 0.25) is 0 Å². The number of ether oxygens (including phenoxy) is 1. The van der Waals surface area contributed by atoms with Crippen molar-refractivity contribution in [1.82, 2.24) is 19.0 Å². The molecule has 2 atom stereocenters. The van der Waals surface area contributed by atoms with E-state index in [0.717, 1.165) is 30.6 Å². The predicted octanol–water partition coefficient (Wildman–Crippen LogP) is 1.26. The zero-order valence-electron chi connectivity index (χ0n) is 15.8. The fourth-order valence-corrected chi connectivity index (χ4v) is 5.42. The number of hydrogen-bond donors (Lipinski definition) is 0. The van der Waals surface area contributed by atoms with Crippen molar-refractivity contribution in [3.8, 4) is 0 Å². The van der Waals surface area contributed by atoms with E-state index in [-0.39, 0.29) is 12.1 Å². The second-order valence-corrected chi connectivity index (χ2v) is 9.23. The molecule has 146 valence electrons. The molecule has 4 rings (SSSR count). The zero-order valence-corrected chi connectivity index (χ0v) is 16.6. The Hall–Kier alpha value is -1.74. The van der Waals surface area contributed by atoms with Crippen LogP contribution in [0.3, 0.4) is 0 Å². The van der Waals surface area contributed by atoms with Crippen molar-refractivity contribution < 1.29 is 13.2 Å². The van der Waals surface area contributed by atoms with Gasteiger partial charge in [0, 0.05) is 45.0 Å². The van der Waals surface area contributed by atoms with Gasteiger partial charge in [-0.15, -0.1) is 0 Å². The van der Waals surface area contributed by atoms with E-state index in [9.17, 15) is 8.42 Å². The predicted molar refractivity (Wildman–Crippen MR) is 102 cm³/mol. The van der Waals surface area contributed by atoms with E-state index in [1.54, 1.807) is 21.1 Å². The molecule has 1 aromatic carbocycles. The minimum atomic E-state index is -3.50. The minimum absolute atomic E-state index is 0.0728. The first kappa shape index (κ1) is 18.6. The van der Waals surface area contributed by atoms with Crippen LogP contribution in [0.5, 0.6) is 0 Å². The molecule has 0 unspecified atom stereocenters. The first-order valence-electron chi connectivity index (χ1n) is 9.39. The van der Waals surface area contributed by atoms with E-state index >= 15 is 0 Å². The van der Waals surface area contributed by atoms with Crippen molar-refractivity contribution in [3.63, 3.8) is 0 Å². The quantitative estimate of drug-likeness (QED) is 0.769. The average Bonchev–Trinajstić information content (AvgIpc) is 3.29. The molecule has 0 N–H and O–H groups in total. The molecule has 0 amide bonds. The van der Waals surface area contributed by atoms with E-state index in [2.05, 4.69) is 16.9 Å². The number of benzene rings is 1. The lowest BCUT2D eigenvalue weighted by molar-refractivity contribution is -0.0502. The summed E-state index contributed by atoms with van der Waals surface area (Å²) in [7, 11) is -1.60. The molecule has 2 aliphatic heterocycles. The van der Waals surface area contributed by atoms with Crippen LogP contribution in [0.15, 0.2) is 41.6 Å². The Morgan fingerprint density at radius 3 is 2.63 bits per heavy atom. The van der Waals surface area contributed by atoms with Gasteiger partial charge in [-0.2, -0.15) is 9.40 Å². The average molecular weight is 391 g/mol. The van der Waals surface area contributed by atoms with E-state index < -0.39 is 10.0 Å². The van der Waals surface area contributed by atoms with Gasteiger partial charge in [-0.3, -0.25) is 9.58 Å². The summed E-state index contributed by atoms with van der Waals surface area (Å²) in [6.07, 6.45) is 4.68. The van der Waals surface area contributed by atoms with Crippen LogP contribution < -0.4 is 0 Å². The fourth-order valence-electron chi connectivity index (χ4n) is 3.95. The number of morpholine rings is 1. The molecule has 0 bridgehead atoms. The number of nitrogens with zero attached hydrogens (tertiary/aromatic N) is 4. The summed E-state index contributed by atoms with van der Waals surface area (Å²) in [5, 5.41) is 4.23. The summed E-state index contributed by atoms with van der Waals surface area (Å²) >= 11 is 0. The molecule has 0 spiro atoms. The SMILES string of the molecule is CCc1ccc(S(=O)(=O)N2C[C@H]3OCCN(Cc4cnn(C)c4)[C@H]3C2)cc1. The molecule has 2 saturated heterocycles. The maximum Gasteiger partial charge on any atom is 0.243 e. The number of rotatable bonds is 5. The largest absolute Gasteiger partial charge is 0.374 e. The molecule has 27 heavy (non-hydrogen) atoms. The van der Waals surface area contributed by atoms with Crippen molar-refractivity contribution >= 4 is 10.0 Å². The third-order valence-electron chi connectivity index (χ3n) is 5.50. The summed E-state index contributed by atoms with van der Waals surface area (Å²) in [4.78, 5) is 2.68. The van der Waals surface area contributed by atoms with E-state index in [0.29, 0.717) is 24.6 Å². The Bertz CT molecular complexity index is 894. The van der Waals surface area contributed by atoms with Crippen molar-refractivity contribution in [2.45, 2.75) is 36.9 Å². The molecule has 3 heterocycles. The van der Waals surface area contributed by atoms with Gasteiger partial charge in [0.15, 0.2) is 0 Å². The van der Waals surface area contributed by atoms with Gasteiger partial charge in [0.2, 0.25) is 10.0 Å². The molecular weight excluding hydrogens is 364 g/mol. The Morgan fingerprint density at radius 1 is 1.19 bits per heavy atom. The van der Waals surface area contributed by atoms with Crippen LogP contribution in [-0.4, -0.2) is 65.8 Å². The molecule has 2 fully saturated rings. The summed E-state index contributed by atoms with van der Waals surface area (Å²) in [5.41, 5.74) is 2.27. The van der Waals surface area contributed by atoms with Gasteiger partial charge in [0.1, 0.15) is 0 Å². The minimum Gasteiger partial charge on any atom is -0.374 e. The van der Waals surface area contributed by atoms with Gasteiger partial charge in [-0.05, 0) is 24.1 Å². The molecule has 2 aliphatic rings. The summed E-state index contributed by atoms with van der Waals surface area (Å²) in [6.45, 7) is 5.12. The lowest BCUT2D eigenvalue weighted by Gasteiger charge is -2.36. The van der Waals surface area contributed by atoms with E-state index in [4.69, 9.17) is 4.74 Å². The lowest BCUT2D eigenvalue weighted by atomic mass is 10.1. The molecule has 0 saturated carbocycles. The van der Waals surface area contributed by atoms with Crippen LogP contribution in [0.4, 0.5) is 0 Å². The van der Waals surface area contributed by atoms with Crippen molar-refractivity contribution in [2.75, 3.05) is 26.2 Å². The van der Waals surface area contributed by atoms with Gasteiger partial charge < -0.3 is 4.74 Å². The Kier molecular flexibility index (Phi) is 5.07. The van der Waals surface area contributed by atoms with Gasteiger partial charge in [-0.25, -0.2) is 8.42 Å².